The topological polar surface area (TPSA) is 12.0 Å². The van der Waals surface area contributed by atoms with E-state index in [1.54, 1.807) is 6.07 Å². The molecule has 3 heteroatoms. The Kier molecular flexibility index (Phi) is 3.54. The van der Waals surface area contributed by atoms with Gasteiger partial charge in [0, 0.05) is 18.2 Å². The molecule has 1 aliphatic rings. The zero-order chi connectivity index (χ0) is 13.2. The number of halogens is 2. The van der Waals surface area contributed by atoms with Crippen molar-refractivity contribution in [3.05, 3.63) is 58.9 Å². The Labute approximate surface area is 117 Å². The molecule has 1 aliphatic carbocycles. The summed E-state index contributed by atoms with van der Waals surface area (Å²) in [5, 5.41) is 3.92. The van der Waals surface area contributed by atoms with Gasteiger partial charge in [0.15, 0.2) is 0 Å². The third-order valence-electron chi connectivity index (χ3n) is 3.37. The lowest BCUT2D eigenvalue weighted by Crippen LogP contribution is -2.14. The molecule has 19 heavy (non-hydrogen) atoms. The van der Waals surface area contributed by atoms with E-state index >= 15 is 0 Å². The Bertz CT molecular complexity index is 576. The van der Waals surface area contributed by atoms with Gasteiger partial charge in [0.25, 0.3) is 0 Å². The SMILES string of the molecule is Fc1ccc(-c2ccc(CNC3CC3)cc2)c(Cl)c1. The minimum Gasteiger partial charge on any atom is -0.310 e. The average Bonchev–Trinajstić information content (AvgIpc) is 3.21. The summed E-state index contributed by atoms with van der Waals surface area (Å²) in [6.45, 7) is 0.905. The van der Waals surface area contributed by atoms with Crippen molar-refractivity contribution in [2.75, 3.05) is 0 Å². The zero-order valence-electron chi connectivity index (χ0n) is 10.5. The lowest BCUT2D eigenvalue weighted by Gasteiger charge is -2.07. The summed E-state index contributed by atoms with van der Waals surface area (Å²) in [7, 11) is 0. The predicted octanol–water partition coefficient (Wildman–Crippen LogP) is 4.40. The van der Waals surface area contributed by atoms with Crippen LogP contribution in [-0.4, -0.2) is 6.04 Å². The molecule has 2 aromatic carbocycles. The largest absolute Gasteiger partial charge is 0.310 e. The summed E-state index contributed by atoms with van der Waals surface area (Å²) >= 11 is 6.06. The first kappa shape index (κ1) is 12.6. The fourth-order valence-electron chi connectivity index (χ4n) is 2.08. The van der Waals surface area contributed by atoms with Crippen LogP contribution in [0.5, 0.6) is 0 Å². The fourth-order valence-corrected chi connectivity index (χ4v) is 2.35. The first-order valence-electron chi connectivity index (χ1n) is 6.50. The van der Waals surface area contributed by atoms with Gasteiger partial charge in [0.1, 0.15) is 5.82 Å². The van der Waals surface area contributed by atoms with Crippen LogP contribution < -0.4 is 5.32 Å². The monoisotopic (exact) mass is 275 g/mol. The Balaban J connectivity index is 1.76. The van der Waals surface area contributed by atoms with Crippen LogP contribution in [0.4, 0.5) is 4.39 Å². The molecule has 0 amide bonds. The van der Waals surface area contributed by atoms with Gasteiger partial charge in [0.05, 0.1) is 5.02 Å². The van der Waals surface area contributed by atoms with Crippen molar-refractivity contribution in [3.8, 4) is 11.1 Å². The molecule has 1 nitrogen and oxygen atoms in total. The summed E-state index contributed by atoms with van der Waals surface area (Å²) in [5.41, 5.74) is 3.14. The molecule has 3 rings (SSSR count). The van der Waals surface area contributed by atoms with Crippen LogP contribution >= 0.6 is 11.6 Å². The van der Waals surface area contributed by atoms with Crippen molar-refractivity contribution in [1.29, 1.82) is 0 Å². The molecule has 0 spiro atoms. The maximum atomic E-state index is 13.0. The highest BCUT2D eigenvalue weighted by atomic mass is 35.5. The van der Waals surface area contributed by atoms with Gasteiger partial charge in [-0.25, -0.2) is 4.39 Å². The molecule has 0 heterocycles. The van der Waals surface area contributed by atoms with Gasteiger partial charge in [0.2, 0.25) is 0 Å². The number of nitrogens with one attached hydrogen (secondary N) is 1. The highest BCUT2D eigenvalue weighted by Gasteiger charge is 2.19. The van der Waals surface area contributed by atoms with Crippen LogP contribution in [0.2, 0.25) is 5.02 Å². The molecule has 2 aromatic rings. The summed E-state index contributed by atoms with van der Waals surface area (Å²) in [5.74, 6) is -0.306. The Hall–Kier alpha value is -1.38. The van der Waals surface area contributed by atoms with Crippen LogP contribution in [0.25, 0.3) is 11.1 Å². The molecule has 0 saturated heterocycles. The van der Waals surface area contributed by atoms with Crippen molar-refractivity contribution in [2.45, 2.75) is 25.4 Å². The number of rotatable bonds is 4. The predicted molar refractivity (Wildman–Crippen MR) is 76.7 cm³/mol. The molecular weight excluding hydrogens is 261 g/mol. The summed E-state index contributed by atoms with van der Waals surface area (Å²) < 4.78 is 13.0. The Morgan fingerprint density at radius 2 is 1.84 bits per heavy atom. The third kappa shape index (κ3) is 3.14. The van der Waals surface area contributed by atoms with E-state index in [1.165, 1.54) is 30.5 Å². The van der Waals surface area contributed by atoms with Gasteiger partial charge in [-0.1, -0.05) is 35.9 Å². The van der Waals surface area contributed by atoms with E-state index in [1.807, 2.05) is 12.1 Å². The number of hydrogen-bond donors (Lipinski definition) is 1. The Morgan fingerprint density at radius 1 is 1.11 bits per heavy atom. The van der Waals surface area contributed by atoms with Crippen LogP contribution in [0.3, 0.4) is 0 Å². The quantitative estimate of drug-likeness (QED) is 0.872. The standard InChI is InChI=1S/C16H15ClFN/c17-16-9-13(18)5-8-15(16)12-3-1-11(2-4-12)10-19-14-6-7-14/h1-5,8-9,14,19H,6-7,10H2. The van der Waals surface area contributed by atoms with Gasteiger partial charge in [-0.3, -0.25) is 0 Å². The number of hydrogen-bond acceptors (Lipinski definition) is 1. The van der Waals surface area contributed by atoms with E-state index in [9.17, 15) is 4.39 Å². The molecule has 1 fully saturated rings. The first-order valence-corrected chi connectivity index (χ1v) is 6.88. The molecule has 0 atom stereocenters. The minimum atomic E-state index is -0.306. The van der Waals surface area contributed by atoms with Gasteiger partial charge < -0.3 is 5.32 Å². The second-order valence-corrected chi connectivity index (χ2v) is 5.38. The maximum Gasteiger partial charge on any atom is 0.124 e. The lowest BCUT2D eigenvalue weighted by molar-refractivity contribution is 0.628. The average molecular weight is 276 g/mol. The van der Waals surface area contributed by atoms with E-state index in [-0.39, 0.29) is 5.82 Å². The normalized spacial score (nSPS) is 14.6. The van der Waals surface area contributed by atoms with E-state index < -0.39 is 0 Å². The zero-order valence-corrected chi connectivity index (χ0v) is 11.3. The van der Waals surface area contributed by atoms with Crippen molar-refractivity contribution < 1.29 is 4.39 Å². The molecule has 1 N–H and O–H groups in total. The van der Waals surface area contributed by atoms with Gasteiger partial charge >= 0.3 is 0 Å². The number of benzene rings is 2. The molecular formula is C16H15ClFN. The summed E-state index contributed by atoms with van der Waals surface area (Å²) in [6, 6.07) is 13.4. The van der Waals surface area contributed by atoms with Crippen LogP contribution in [0, 0.1) is 5.82 Å². The van der Waals surface area contributed by atoms with E-state index in [2.05, 4.69) is 17.4 Å². The highest BCUT2D eigenvalue weighted by Crippen LogP contribution is 2.28. The molecule has 1 saturated carbocycles. The van der Waals surface area contributed by atoms with Crippen molar-refractivity contribution in [3.63, 3.8) is 0 Å². The highest BCUT2D eigenvalue weighted by molar-refractivity contribution is 6.33. The van der Waals surface area contributed by atoms with Crippen molar-refractivity contribution in [1.82, 2.24) is 5.32 Å². The maximum absolute atomic E-state index is 13.0. The van der Waals surface area contributed by atoms with Gasteiger partial charge in [-0.05, 0) is 42.2 Å². The van der Waals surface area contributed by atoms with Crippen LogP contribution in [0.15, 0.2) is 42.5 Å². The van der Waals surface area contributed by atoms with Gasteiger partial charge in [-0.15, -0.1) is 0 Å². The van der Waals surface area contributed by atoms with E-state index in [0.717, 1.165) is 17.7 Å². The van der Waals surface area contributed by atoms with E-state index in [4.69, 9.17) is 11.6 Å². The molecule has 0 unspecified atom stereocenters. The van der Waals surface area contributed by atoms with Gasteiger partial charge in [-0.2, -0.15) is 0 Å². The second kappa shape index (κ2) is 5.32. The van der Waals surface area contributed by atoms with Crippen molar-refractivity contribution in [2.24, 2.45) is 0 Å². The summed E-state index contributed by atoms with van der Waals surface area (Å²) in [6.07, 6.45) is 2.59. The summed E-state index contributed by atoms with van der Waals surface area (Å²) in [4.78, 5) is 0. The molecule has 0 aromatic heterocycles. The van der Waals surface area contributed by atoms with Crippen LogP contribution in [0.1, 0.15) is 18.4 Å². The second-order valence-electron chi connectivity index (χ2n) is 4.98. The molecule has 0 radical (unpaired) electrons. The fraction of sp³-hybridized carbons (Fsp3) is 0.250. The molecule has 0 aliphatic heterocycles. The van der Waals surface area contributed by atoms with Crippen molar-refractivity contribution >= 4 is 11.6 Å². The smallest absolute Gasteiger partial charge is 0.124 e. The minimum absolute atomic E-state index is 0.306. The first-order chi connectivity index (χ1) is 9.22. The lowest BCUT2D eigenvalue weighted by atomic mass is 10.0. The Morgan fingerprint density at radius 3 is 2.47 bits per heavy atom. The molecule has 98 valence electrons. The third-order valence-corrected chi connectivity index (χ3v) is 3.68. The van der Waals surface area contributed by atoms with E-state index in [0.29, 0.717) is 11.1 Å². The van der Waals surface area contributed by atoms with Crippen LogP contribution in [-0.2, 0) is 6.54 Å². The molecule has 0 bridgehead atoms.